The number of furan rings is 1. The molecular weight excluding hydrogens is 320 g/mol. The molecule has 0 saturated heterocycles. The Hall–Kier alpha value is -2.76. The molecule has 0 aliphatic carbocycles. The average molecular weight is 344 g/mol. The summed E-state index contributed by atoms with van der Waals surface area (Å²) in [6.45, 7) is 3.31. The molecule has 0 unspecified atom stereocenters. The zero-order valence-corrected chi connectivity index (χ0v) is 14.4. The van der Waals surface area contributed by atoms with Crippen molar-refractivity contribution in [3.8, 4) is 0 Å². The number of carboxylic acid groups (broad SMARTS) is 1. The van der Waals surface area contributed by atoms with Gasteiger partial charge < -0.3 is 19.7 Å². The zero-order chi connectivity index (χ0) is 18.1. The van der Waals surface area contributed by atoms with Crippen LogP contribution in [-0.4, -0.2) is 35.1 Å². The van der Waals surface area contributed by atoms with Crippen LogP contribution in [-0.2, 0) is 17.8 Å². The molecule has 0 atom stereocenters. The smallest absolute Gasteiger partial charge is 0.317 e. The van der Waals surface area contributed by atoms with Crippen molar-refractivity contribution in [2.24, 2.45) is 0 Å². The number of carbonyl (C=O) groups is 2. The number of nitrogens with one attached hydrogen (secondary N) is 1. The third kappa shape index (κ3) is 6.71. The molecule has 0 aliphatic rings. The first-order valence-electron chi connectivity index (χ1n) is 8.37. The molecule has 2 N–H and O–H groups in total. The van der Waals surface area contributed by atoms with Gasteiger partial charge in [0.15, 0.2) is 0 Å². The van der Waals surface area contributed by atoms with Crippen LogP contribution in [0.3, 0.4) is 0 Å². The maximum absolute atomic E-state index is 12.4. The minimum atomic E-state index is -0.860. The van der Waals surface area contributed by atoms with Gasteiger partial charge >= 0.3 is 12.0 Å². The minimum Gasteiger partial charge on any atom is -0.481 e. The number of urea groups is 1. The first kappa shape index (κ1) is 18.6. The standard InChI is InChI=1S/C19H24N2O4/c1-15-6-8-16(9-7-15)10-12-21(14-17-4-3-13-25-17)19(24)20-11-2-5-18(22)23/h3-4,6-9,13H,2,5,10-12,14H2,1H3,(H,20,24)(H,22,23). The number of amides is 2. The van der Waals surface area contributed by atoms with Crippen molar-refractivity contribution in [2.45, 2.75) is 32.7 Å². The Kier molecular flexibility index (Phi) is 7.07. The second kappa shape index (κ2) is 9.52. The molecule has 1 aromatic heterocycles. The van der Waals surface area contributed by atoms with Crippen LogP contribution >= 0.6 is 0 Å². The maximum atomic E-state index is 12.4. The highest BCUT2D eigenvalue weighted by molar-refractivity contribution is 5.74. The molecule has 2 aromatic rings. The van der Waals surface area contributed by atoms with Gasteiger partial charge in [0.1, 0.15) is 5.76 Å². The summed E-state index contributed by atoms with van der Waals surface area (Å²) in [7, 11) is 0. The Morgan fingerprint density at radius 1 is 1.20 bits per heavy atom. The quantitative estimate of drug-likeness (QED) is 0.684. The summed E-state index contributed by atoms with van der Waals surface area (Å²) >= 11 is 0. The number of aryl methyl sites for hydroxylation is 1. The summed E-state index contributed by atoms with van der Waals surface area (Å²) in [6, 6.07) is 11.6. The molecule has 2 rings (SSSR count). The van der Waals surface area contributed by atoms with E-state index in [9.17, 15) is 9.59 Å². The minimum absolute atomic E-state index is 0.0435. The van der Waals surface area contributed by atoms with Gasteiger partial charge in [-0.05, 0) is 37.5 Å². The highest BCUT2D eigenvalue weighted by atomic mass is 16.4. The van der Waals surface area contributed by atoms with Crippen LogP contribution in [0.1, 0.15) is 29.7 Å². The number of benzene rings is 1. The van der Waals surface area contributed by atoms with Crippen molar-refractivity contribution in [1.82, 2.24) is 10.2 Å². The van der Waals surface area contributed by atoms with Crippen molar-refractivity contribution >= 4 is 12.0 Å². The lowest BCUT2D eigenvalue weighted by molar-refractivity contribution is -0.137. The Balaban J connectivity index is 1.90. The SMILES string of the molecule is Cc1ccc(CCN(Cc2ccco2)C(=O)NCCCC(=O)O)cc1. The van der Waals surface area contributed by atoms with Crippen LogP contribution in [0.5, 0.6) is 0 Å². The second-order valence-corrected chi connectivity index (χ2v) is 5.97. The summed E-state index contributed by atoms with van der Waals surface area (Å²) in [5, 5.41) is 11.4. The number of nitrogens with zero attached hydrogens (tertiary/aromatic N) is 1. The van der Waals surface area contributed by atoms with Gasteiger partial charge in [-0.1, -0.05) is 29.8 Å². The highest BCUT2D eigenvalue weighted by Gasteiger charge is 2.15. The molecule has 0 saturated carbocycles. The molecule has 0 bridgehead atoms. The van der Waals surface area contributed by atoms with E-state index in [2.05, 4.69) is 29.6 Å². The first-order valence-corrected chi connectivity index (χ1v) is 8.37. The van der Waals surface area contributed by atoms with Gasteiger partial charge in [-0.3, -0.25) is 4.79 Å². The molecule has 0 aliphatic heterocycles. The van der Waals surface area contributed by atoms with Crippen LogP contribution < -0.4 is 5.32 Å². The van der Waals surface area contributed by atoms with Crippen molar-refractivity contribution in [1.29, 1.82) is 0 Å². The van der Waals surface area contributed by atoms with E-state index >= 15 is 0 Å². The zero-order valence-electron chi connectivity index (χ0n) is 14.4. The van der Waals surface area contributed by atoms with Gasteiger partial charge in [-0.25, -0.2) is 4.79 Å². The highest BCUT2D eigenvalue weighted by Crippen LogP contribution is 2.09. The molecule has 6 heteroatoms. The van der Waals surface area contributed by atoms with Gasteiger partial charge in [-0.15, -0.1) is 0 Å². The van der Waals surface area contributed by atoms with E-state index in [1.54, 1.807) is 17.2 Å². The summed E-state index contributed by atoms with van der Waals surface area (Å²) in [5.41, 5.74) is 2.36. The van der Waals surface area contributed by atoms with Crippen molar-refractivity contribution in [3.05, 3.63) is 59.5 Å². The van der Waals surface area contributed by atoms with Crippen molar-refractivity contribution in [2.75, 3.05) is 13.1 Å². The topological polar surface area (TPSA) is 82.8 Å². The third-order valence-electron chi connectivity index (χ3n) is 3.85. The number of hydrogen-bond donors (Lipinski definition) is 2. The molecule has 2 amide bonds. The number of hydrogen-bond acceptors (Lipinski definition) is 3. The van der Waals surface area contributed by atoms with Gasteiger partial charge in [0, 0.05) is 19.5 Å². The largest absolute Gasteiger partial charge is 0.481 e. The van der Waals surface area contributed by atoms with E-state index in [0.717, 1.165) is 12.0 Å². The molecule has 0 spiro atoms. The first-order chi connectivity index (χ1) is 12.0. The molecule has 0 fully saturated rings. The van der Waals surface area contributed by atoms with Crippen molar-refractivity contribution in [3.63, 3.8) is 0 Å². The molecule has 1 heterocycles. The molecule has 25 heavy (non-hydrogen) atoms. The number of aliphatic carboxylic acids is 1. The predicted octanol–water partition coefficient (Wildman–Crippen LogP) is 3.21. The van der Waals surface area contributed by atoms with E-state index in [0.29, 0.717) is 31.8 Å². The van der Waals surface area contributed by atoms with E-state index < -0.39 is 5.97 Å². The number of rotatable bonds is 9. The monoisotopic (exact) mass is 344 g/mol. The summed E-state index contributed by atoms with van der Waals surface area (Å²) in [6.07, 6.45) is 2.78. The fourth-order valence-corrected chi connectivity index (χ4v) is 2.41. The van der Waals surface area contributed by atoms with Crippen LogP contribution in [0.15, 0.2) is 47.1 Å². The lowest BCUT2D eigenvalue weighted by Crippen LogP contribution is -2.41. The van der Waals surface area contributed by atoms with Crippen LogP contribution in [0.25, 0.3) is 0 Å². The van der Waals surface area contributed by atoms with Crippen LogP contribution in [0.4, 0.5) is 4.79 Å². The van der Waals surface area contributed by atoms with Crippen LogP contribution in [0, 0.1) is 6.92 Å². The third-order valence-corrected chi connectivity index (χ3v) is 3.85. The Morgan fingerprint density at radius 3 is 2.60 bits per heavy atom. The Bertz CT molecular complexity index is 665. The molecule has 0 radical (unpaired) electrons. The summed E-state index contributed by atoms with van der Waals surface area (Å²) in [4.78, 5) is 24.6. The predicted molar refractivity (Wildman–Crippen MR) is 94.3 cm³/mol. The van der Waals surface area contributed by atoms with E-state index in [-0.39, 0.29) is 12.5 Å². The van der Waals surface area contributed by atoms with Gasteiger partial charge in [-0.2, -0.15) is 0 Å². The molecule has 134 valence electrons. The van der Waals surface area contributed by atoms with Gasteiger partial charge in [0.25, 0.3) is 0 Å². The lowest BCUT2D eigenvalue weighted by atomic mass is 10.1. The average Bonchev–Trinajstić information content (AvgIpc) is 3.09. The normalized spacial score (nSPS) is 10.4. The van der Waals surface area contributed by atoms with Gasteiger partial charge in [0.05, 0.1) is 12.8 Å². The fraction of sp³-hybridized carbons (Fsp3) is 0.368. The van der Waals surface area contributed by atoms with Crippen molar-refractivity contribution < 1.29 is 19.1 Å². The Morgan fingerprint density at radius 2 is 1.96 bits per heavy atom. The fourth-order valence-electron chi connectivity index (χ4n) is 2.41. The molecular formula is C19H24N2O4. The maximum Gasteiger partial charge on any atom is 0.317 e. The number of carbonyl (C=O) groups excluding carboxylic acids is 1. The van der Waals surface area contributed by atoms with E-state index in [1.165, 1.54) is 5.56 Å². The number of carboxylic acids is 1. The summed E-state index contributed by atoms with van der Waals surface area (Å²) < 4.78 is 5.34. The molecule has 1 aromatic carbocycles. The lowest BCUT2D eigenvalue weighted by Gasteiger charge is -2.22. The van der Waals surface area contributed by atoms with E-state index in [4.69, 9.17) is 9.52 Å². The Labute approximate surface area is 147 Å². The second-order valence-electron chi connectivity index (χ2n) is 5.97. The van der Waals surface area contributed by atoms with E-state index in [1.807, 2.05) is 13.0 Å². The summed E-state index contributed by atoms with van der Waals surface area (Å²) in [5.74, 6) is -0.148. The van der Waals surface area contributed by atoms with Gasteiger partial charge in [0.2, 0.25) is 0 Å². The van der Waals surface area contributed by atoms with Crippen LogP contribution in [0.2, 0.25) is 0 Å². The molecule has 6 nitrogen and oxygen atoms in total.